The Morgan fingerprint density at radius 3 is 2.38 bits per heavy atom. The molecule has 1 aromatic carbocycles. The zero-order valence-corrected chi connectivity index (χ0v) is 15.5. The Balaban J connectivity index is 2.35. The lowest BCUT2D eigenvalue weighted by Gasteiger charge is -2.22. The van der Waals surface area contributed by atoms with Crippen molar-refractivity contribution in [1.82, 2.24) is 9.47 Å². The molecule has 0 saturated carbocycles. The first-order chi connectivity index (χ1) is 12.4. The van der Waals surface area contributed by atoms with Crippen LogP contribution in [0, 0.1) is 13.8 Å². The molecule has 0 aliphatic heterocycles. The van der Waals surface area contributed by atoms with E-state index >= 15 is 0 Å². The highest BCUT2D eigenvalue weighted by molar-refractivity contribution is 5.96. The minimum absolute atomic E-state index is 0.117. The number of aromatic nitrogens is 1. The Hall–Kier alpha value is -2.41. The lowest BCUT2D eigenvalue weighted by atomic mass is 10.2. The Labute approximate surface area is 152 Å². The second kappa shape index (κ2) is 8.80. The van der Waals surface area contributed by atoms with Gasteiger partial charge >= 0.3 is 0 Å². The molecule has 2 aromatic rings. The largest absolute Gasteiger partial charge is 0.497 e. The van der Waals surface area contributed by atoms with Crippen molar-refractivity contribution in [3.05, 3.63) is 47.3 Å². The van der Waals surface area contributed by atoms with Crippen LogP contribution in [0.15, 0.2) is 30.3 Å². The second-order valence-corrected chi connectivity index (χ2v) is 5.95. The Morgan fingerprint density at radius 1 is 1.19 bits per heavy atom. The van der Waals surface area contributed by atoms with Crippen molar-refractivity contribution in [3.63, 3.8) is 0 Å². The highest BCUT2D eigenvalue weighted by Gasteiger charge is 2.24. The molecule has 0 aliphatic carbocycles. The molecule has 0 N–H and O–H groups in total. The molecule has 0 saturated heterocycles. The maximum absolute atomic E-state index is 12.9. The number of methoxy groups -OCH3 is 2. The normalized spacial score (nSPS) is 11.0. The van der Waals surface area contributed by atoms with Crippen LogP contribution >= 0.6 is 0 Å². The van der Waals surface area contributed by atoms with Gasteiger partial charge in [-0.3, -0.25) is 4.79 Å². The van der Waals surface area contributed by atoms with Gasteiger partial charge in [0.15, 0.2) is 0 Å². The van der Waals surface area contributed by atoms with E-state index in [0.29, 0.717) is 11.3 Å². The molecule has 0 bridgehead atoms. The van der Waals surface area contributed by atoms with Gasteiger partial charge in [0.25, 0.3) is 12.3 Å². The molecule has 26 heavy (non-hydrogen) atoms. The van der Waals surface area contributed by atoms with Crippen LogP contribution in [0.2, 0.25) is 0 Å². The predicted octanol–water partition coefficient (Wildman–Crippen LogP) is 3.46. The zero-order valence-electron chi connectivity index (χ0n) is 15.5. The van der Waals surface area contributed by atoms with Crippen LogP contribution in [0.3, 0.4) is 0 Å². The molecule has 0 spiro atoms. The van der Waals surface area contributed by atoms with Crippen molar-refractivity contribution < 1.29 is 23.0 Å². The summed E-state index contributed by atoms with van der Waals surface area (Å²) in [5, 5.41) is 0. The van der Waals surface area contributed by atoms with Crippen LogP contribution in [-0.2, 0) is 4.74 Å². The SMILES string of the molecule is COCCN(CC(F)F)C(=O)c1cc(C)n(-c2ccc(OC)cc2)c1C. The number of alkyl halides is 2. The van der Waals surface area contributed by atoms with Gasteiger partial charge in [0, 0.05) is 30.7 Å². The lowest BCUT2D eigenvalue weighted by Crippen LogP contribution is -2.37. The minimum atomic E-state index is -2.60. The fourth-order valence-electron chi connectivity index (χ4n) is 2.92. The average molecular weight is 366 g/mol. The van der Waals surface area contributed by atoms with Crippen molar-refractivity contribution in [2.75, 3.05) is 33.9 Å². The van der Waals surface area contributed by atoms with Crippen molar-refractivity contribution in [2.45, 2.75) is 20.3 Å². The van der Waals surface area contributed by atoms with Crippen LogP contribution in [0.1, 0.15) is 21.7 Å². The molecule has 2 rings (SSSR count). The fraction of sp³-hybridized carbons (Fsp3) is 0.421. The summed E-state index contributed by atoms with van der Waals surface area (Å²) in [5.74, 6) is 0.311. The van der Waals surface area contributed by atoms with E-state index < -0.39 is 18.9 Å². The van der Waals surface area contributed by atoms with Crippen molar-refractivity contribution in [3.8, 4) is 11.4 Å². The number of aryl methyl sites for hydroxylation is 1. The molecule has 0 atom stereocenters. The van der Waals surface area contributed by atoms with Gasteiger partial charge in [0.05, 0.1) is 25.8 Å². The summed E-state index contributed by atoms with van der Waals surface area (Å²) in [4.78, 5) is 13.9. The molecular weight excluding hydrogens is 342 g/mol. The maximum Gasteiger partial charge on any atom is 0.255 e. The quantitative estimate of drug-likeness (QED) is 0.719. The average Bonchev–Trinajstić information content (AvgIpc) is 2.92. The molecule has 7 heteroatoms. The fourth-order valence-corrected chi connectivity index (χ4v) is 2.92. The number of hydrogen-bond donors (Lipinski definition) is 0. The highest BCUT2D eigenvalue weighted by atomic mass is 19.3. The smallest absolute Gasteiger partial charge is 0.255 e. The van der Waals surface area contributed by atoms with Crippen LogP contribution in [0.4, 0.5) is 8.78 Å². The number of amides is 1. The first-order valence-corrected chi connectivity index (χ1v) is 8.28. The molecule has 0 aliphatic rings. The monoisotopic (exact) mass is 366 g/mol. The summed E-state index contributed by atoms with van der Waals surface area (Å²) in [6.45, 7) is 3.39. The molecule has 0 unspecified atom stereocenters. The summed E-state index contributed by atoms with van der Waals surface area (Å²) < 4.78 is 37.7. The number of benzene rings is 1. The number of carbonyl (C=O) groups excluding carboxylic acids is 1. The second-order valence-electron chi connectivity index (χ2n) is 5.95. The molecule has 0 fully saturated rings. The first-order valence-electron chi connectivity index (χ1n) is 8.28. The molecule has 5 nitrogen and oxygen atoms in total. The third-order valence-corrected chi connectivity index (χ3v) is 4.20. The van der Waals surface area contributed by atoms with Gasteiger partial charge in [-0.2, -0.15) is 0 Å². The number of hydrogen-bond acceptors (Lipinski definition) is 3. The van der Waals surface area contributed by atoms with Gasteiger partial charge in [-0.05, 0) is 44.2 Å². The number of ether oxygens (including phenoxy) is 2. The lowest BCUT2D eigenvalue weighted by molar-refractivity contribution is 0.0477. The molecule has 1 heterocycles. The number of carbonyl (C=O) groups is 1. The Morgan fingerprint density at radius 2 is 1.85 bits per heavy atom. The Bertz CT molecular complexity index is 742. The van der Waals surface area contributed by atoms with Crippen LogP contribution in [-0.4, -0.2) is 55.7 Å². The van der Waals surface area contributed by atoms with E-state index in [9.17, 15) is 13.6 Å². The summed E-state index contributed by atoms with van der Waals surface area (Å²) in [5.41, 5.74) is 2.83. The van der Waals surface area contributed by atoms with Crippen LogP contribution in [0.5, 0.6) is 5.75 Å². The molecule has 142 valence electrons. The molecule has 0 radical (unpaired) electrons. The van der Waals surface area contributed by atoms with E-state index in [-0.39, 0.29) is 13.2 Å². The van der Waals surface area contributed by atoms with E-state index in [1.165, 1.54) is 7.11 Å². The summed E-state index contributed by atoms with van der Waals surface area (Å²) in [7, 11) is 3.07. The molecular formula is C19H24F2N2O3. The van der Waals surface area contributed by atoms with E-state index in [1.54, 1.807) is 20.1 Å². The van der Waals surface area contributed by atoms with E-state index in [0.717, 1.165) is 22.0 Å². The predicted molar refractivity (Wildman–Crippen MR) is 95.6 cm³/mol. The van der Waals surface area contributed by atoms with Gasteiger partial charge in [0.2, 0.25) is 0 Å². The van der Waals surface area contributed by atoms with Crippen molar-refractivity contribution in [1.29, 1.82) is 0 Å². The van der Waals surface area contributed by atoms with E-state index in [1.807, 2.05) is 35.8 Å². The van der Waals surface area contributed by atoms with Gasteiger partial charge in [0.1, 0.15) is 5.75 Å². The van der Waals surface area contributed by atoms with E-state index in [2.05, 4.69) is 0 Å². The third-order valence-electron chi connectivity index (χ3n) is 4.20. The van der Waals surface area contributed by atoms with Crippen LogP contribution in [0.25, 0.3) is 5.69 Å². The number of halogens is 2. The third kappa shape index (κ3) is 4.40. The Kier molecular flexibility index (Phi) is 6.74. The summed E-state index contributed by atoms with van der Waals surface area (Å²) in [6.07, 6.45) is -2.60. The maximum atomic E-state index is 12.9. The highest BCUT2D eigenvalue weighted by Crippen LogP contribution is 2.24. The standard InChI is InChI=1S/C19H24F2N2O3/c1-13-11-17(19(24)22(9-10-25-3)12-18(20)21)14(2)23(13)15-5-7-16(26-4)8-6-15/h5-8,11,18H,9-10,12H2,1-4H3. The number of nitrogens with zero attached hydrogens (tertiary/aromatic N) is 2. The van der Waals surface area contributed by atoms with Gasteiger partial charge in [-0.1, -0.05) is 0 Å². The first kappa shape index (κ1) is 19.9. The zero-order chi connectivity index (χ0) is 19.3. The summed E-state index contributed by atoms with van der Waals surface area (Å²) in [6, 6.07) is 9.16. The number of rotatable bonds is 8. The topological polar surface area (TPSA) is 43.7 Å². The van der Waals surface area contributed by atoms with Crippen molar-refractivity contribution >= 4 is 5.91 Å². The van der Waals surface area contributed by atoms with Gasteiger partial charge in [-0.25, -0.2) is 8.78 Å². The molecule has 1 amide bonds. The van der Waals surface area contributed by atoms with Crippen LogP contribution < -0.4 is 4.74 Å². The minimum Gasteiger partial charge on any atom is -0.497 e. The van der Waals surface area contributed by atoms with Gasteiger partial charge in [-0.15, -0.1) is 0 Å². The summed E-state index contributed by atoms with van der Waals surface area (Å²) >= 11 is 0. The van der Waals surface area contributed by atoms with Gasteiger partial charge < -0.3 is 18.9 Å². The van der Waals surface area contributed by atoms with Crippen molar-refractivity contribution in [2.24, 2.45) is 0 Å². The molecule has 1 aromatic heterocycles. The van der Waals surface area contributed by atoms with E-state index in [4.69, 9.17) is 9.47 Å².